The molecular weight excluding hydrogens is 383 g/mol. The molecule has 128 valence electrons. The van der Waals surface area contributed by atoms with Crippen LogP contribution in [0, 0.1) is 0 Å². The Morgan fingerprint density at radius 2 is 1.96 bits per heavy atom. The van der Waals surface area contributed by atoms with Crippen molar-refractivity contribution in [2.45, 2.75) is 17.4 Å². The van der Waals surface area contributed by atoms with Gasteiger partial charge in [-0.2, -0.15) is 0 Å². The van der Waals surface area contributed by atoms with Gasteiger partial charge in [-0.05, 0) is 31.2 Å². The number of carbonyl (C=O) groups excluding carboxylic acids is 1. The number of nitrogens with zero attached hydrogens (tertiary/aromatic N) is 3. The molecule has 0 aliphatic carbocycles. The summed E-state index contributed by atoms with van der Waals surface area (Å²) in [6.45, 7) is 1.73. The summed E-state index contributed by atoms with van der Waals surface area (Å²) in [7, 11) is 0. The molecule has 0 saturated heterocycles. The van der Waals surface area contributed by atoms with Gasteiger partial charge < -0.3 is 9.73 Å². The van der Waals surface area contributed by atoms with Crippen LogP contribution in [0.3, 0.4) is 0 Å². The van der Waals surface area contributed by atoms with Crippen molar-refractivity contribution in [1.82, 2.24) is 15.2 Å². The van der Waals surface area contributed by atoms with Gasteiger partial charge in [0, 0.05) is 18.0 Å². The largest absolute Gasteiger partial charge is 0.411 e. The van der Waals surface area contributed by atoms with Crippen LogP contribution < -0.4 is 5.32 Å². The smallest absolute Gasteiger partial charge is 0.277 e. The Morgan fingerprint density at radius 3 is 2.72 bits per heavy atom. The number of hydrogen-bond donors (Lipinski definition) is 1. The molecule has 0 bridgehead atoms. The molecule has 0 aliphatic heterocycles. The molecule has 0 saturated carbocycles. The average Bonchev–Trinajstić information content (AvgIpc) is 3.08. The molecule has 0 fully saturated rings. The van der Waals surface area contributed by atoms with Crippen molar-refractivity contribution in [2.75, 3.05) is 5.32 Å². The van der Waals surface area contributed by atoms with Crippen LogP contribution in [0.4, 0.5) is 5.69 Å². The Labute approximate surface area is 158 Å². The normalized spacial score (nSPS) is 12.0. The van der Waals surface area contributed by atoms with Crippen molar-refractivity contribution in [3.8, 4) is 11.5 Å². The minimum atomic E-state index is -0.471. The summed E-state index contributed by atoms with van der Waals surface area (Å²) in [5.74, 6) is 0.119. The molecule has 0 spiro atoms. The molecule has 1 N–H and O–H groups in total. The molecule has 3 aromatic rings. The summed E-state index contributed by atoms with van der Waals surface area (Å²) in [6, 6.07) is 8.56. The Kier molecular flexibility index (Phi) is 5.57. The highest BCUT2D eigenvalue weighted by molar-refractivity contribution is 8.00. The fourth-order valence-corrected chi connectivity index (χ4v) is 2.94. The number of amides is 1. The van der Waals surface area contributed by atoms with Crippen molar-refractivity contribution >= 4 is 46.6 Å². The van der Waals surface area contributed by atoms with E-state index in [-0.39, 0.29) is 5.91 Å². The zero-order valence-corrected chi connectivity index (χ0v) is 15.3. The zero-order valence-electron chi connectivity index (χ0n) is 12.9. The first-order chi connectivity index (χ1) is 12.0. The Hall–Kier alpha value is -2.09. The number of hydrogen-bond acceptors (Lipinski definition) is 6. The molecule has 2 aromatic heterocycles. The Balaban J connectivity index is 1.66. The van der Waals surface area contributed by atoms with E-state index in [1.54, 1.807) is 49.6 Å². The average molecular weight is 395 g/mol. The van der Waals surface area contributed by atoms with Gasteiger partial charge in [-0.3, -0.25) is 9.78 Å². The minimum Gasteiger partial charge on any atom is -0.411 e. The van der Waals surface area contributed by atoms with E-state index in [9.17, 15) is 4.79 Å². The lowest BCUT2D eigenvalue weighted by molar-refractivity contribution is -0.115. The third kappa shape index (κ3) is 4.31. The molecule has 1 aromatic carbocycles. The SMILES string of the molecule is CC(Sc1nnc(-c2ccncc2)o1)C(=O)Nc1cccc(Cl)c1Cl. The van der Waals surface area contributed by atoms with E-state index in [1.165, 1.54) is 0 Å². The summed E-state index contributed by atoms with van der Waals surface area (Å²) >= 11 is 13.2. The third-order valence-corrected chi connectivity index (χ3v) is 4.94. The first kappa shape index (κ1) is 17.7. The number of nitrogens with one attached hydrogen (secondary N) is 1. The van der Waals surface area contributed by atoms with Crippen LogP contribution in [0.1, 0.15) is 6.92 Å². The van der Waals surface area contributed by atoms with Crippen LogP contribution in [0.15, 0.2) is 52.4 Å². The fraction of sp³-hybridized carbons (Fsp3) is 0.125. The monoisotopic (exact) mass is 394 g/mol. The lowest BCUT2D eigenvalue weighted by atomic mass is 10.3. The highest BCUT2D eigenvalue weighted by Crippen LogP contribution is 2.31. The van der Waals surface area contributed by atoms with Crippen LogP contribution >= 0.6 is 35.0 Å². The van der Waals surface area contributed by atoms with Crippen LogP contribution in [-0.4, -0.2) is 26.3 Å². The first-order valence-electron chi connectivity index (χ1n) is 7.20. The van der Waals surface area contributed by atoms with Gasteiger partial charge in [-0.1, -0.05) is 41.0 Å². The standard InChI is InChI=1S/C16H12Cl2N4O2S/c1-9(14(23)20-12-4-2-3-11(17)13(12)18)25-16-22-21-15(24-16)10-5-7-19-8-6-10/h2-9H,1H3,(H,20,23). The van der Waals surface area contributed by atoms with Gasteiger partial charge in [-0.25, -0.2) is 0 Å². The lowest BCUT2D eigenvalue weighted by Gasteiger charge is -2.11. The molecule has 0 radical (unpaired) electrons. The molecule has 2 heterocycles. The second kappa shape index (κ2) is 7.86. The van der Waals surface area contributed by atoms with Gasteiger partial charge in [0.25, 0.3) is 5.22 Å². The molecule has 0 aliphatic rings. The van der Waals surface area contributed by atoms with E-state index >= 15 is 0 Å². The maximum Gasteiger partial charge on any atom is 0.277 e. The van der Waals surface area contributed by atoms with Crippen LogP contribution in [0.5, 0.6) is 0 Å². The van der Waals surface area contributed by atoms with Crippen LogP contribution in [-0.2, 0) is 4.79 Å². The summed E-state index contributed by atoms with van der Waals surface area (Å²) < 4.78 is 5.57. The second-order valence-corrected chi connectivity index (χ2v) is 7.04. The quantitative estimate of drug-likeness (QED) is 0.638. The van der Waals surface area contributed by atoms with Crippen molar-refractivity contribution in [3.63, 3.8) is 0 Å². The first-order valence-corrected chi connectivity index (χ1v) is 8.83. The summed E-state index contributed by atoms with van der Waals surface area (Å²) in [4.78, 5) is 16.3. The van der Waals surface area contributed by atoms with Gasteiger partial charge >= 0.3 is 0 Å². The summed E-state index contributed by atoms with van der Waals surface area (Å²) in [5.41, 5.74) is 1.21. The predicted octanol–water partition coefficient (Wildman–Crippen LogP) is 4.56. The maximum absolute atomic E-state index is 12.3. The van der Waals surface area contributed by atoms with E-state index in [2.05, 4.69) is 20.5 Å². The number of anilines is 1. The zero-order chi connectivity index (χ0) is 17.8. The van der Waals surface area contributed by atoms with Gasteiger partial charge in [0.2, 0.25) is 11.8 Å². The lowest BCUT2D eigenvalue weighted by Crippen LogP contribution is -2.22. The highest BCUT2D eigenvalue weighted by atomic mass is 35.5. The summed E-state index contributed by atoms with van der Waals surface area (Å²) in [6.07, 6.45) is 3.27. The summed E-state index contributed by atoms with van der Waals surface area (Å²) in [5, 5.41) is 11.2. The van der Waals surface area contributed by atoms with E-state index in [4.69, 9.17) is 27.6 Å². The number of rotatable bonds is 5. The number of pyridine rings is 1. The molecule has 9 heteroatoms. The number of aromatic nitrogens is 3. The van der Waals surface area contributed by atoms with E-state index in [1.807, 2.05) is 0 Å². The molecule has 1 amide bonds. The Bertz CT molecular complexity index is 889. The number of carbonyl (C=O) groups is 1. The van der Waals surface area contributed by atoms with Crippen molar-refractivity contribution in [2.24, 2.45) is 0 Å². The van der Waals surface area contributed by atoms with Gasteiger partial charge in [0.05, 0.1) is 21.0 Å². The highest BCUT2D eigenvalue weighted by Gasteiger charge is 2.20. The van der Waals surface area contributed by atoms with Gasteiger partial charge in [-0.15, -0.1) is 10.2 Å². The number of thioether (sulfide) groups is 1. The van der Waals surface area contributed by atoms with Crippen LogP contribution in [0.25, 0.3) is 11.5 Å². The third-order valence-electron chi connectivity index (χ3n) is 3.19. The minimum absolute atomic E-state index is 0.252. The number of benzene rings is 1. The van der Waals surface area contributed by atoms with E-state index in [0.29, 0.717) is 26.8 Å². The topological polar surface area (TPSA) is 80.9 Å². The maximum atomic E-state index is 12.3. The molecular formula is C16H12Cl2N4O2S. The van der Waals surface area contributed by atoms with E-state index < -0.39 is 5.25 Å². The van der Waals surface area contributed by atoms with Gasteiger partial charge in [0.1, 0.15) is 0 Å². The van der Waals surface area contributed by atoms with Crippen molar-refractivity contribution in [3.05, 3.63) is 52.8 Å². The molecule has 1 atom stereocenters. The van der Waals surface area contributed by atoms with E-state index in [0.717, 1.165) is 17.3 Å². The molecule has 25 heavy (non-hydrogen) atoms. The Morgan fingerprint density at radius 1 is 1.20 bits per heavy atom. The van der Waals surface area contributed by atoms with Crippen LogP contribution in [0.2, 0.25) is 10.0 Å². The molecule has 6 nitrogen and oxygen atoms in total. The fourth-order valence-electron chi connectivity index (χ4n) is 1.91. The second-order valence-electron chi connectivity index (χ2n) is 4.96. The molecule has 1 unspecified atom stereocenters. The van der Waals surface area contributed by atoms with Crippen molar-refractivity contribution in [1.29, 1.82) is 0 Å². The molecule has 3 rings (SSSR count). The number of halogens is 2. The van der Waals surface area contributed by atoms with Crippen molar-refractivity contribution < 1.29 is 9.21 Å². The van der Waals surface area contributed by atoms with Gasteiger partial charge in [0.15, 0.2) is 0 Å². The predicted molar refractivity (Wildman–Crippen MR) is 97.9 cm³/mol.